The van der Waals surface area contributed by atoms with Crippen LogP contribution in [0.3, 0.4) is 0 Å². The highest BCUT2D eigenvalue weighted by Gasteiger charge is 2.34. The van der Waals surface area contributed by atoms with Crippen LogP contribution in [0.1, 0.15) is 56.6 Å². The molecule has 0 unspecified atom stereocenters. The molecule has 252 valence electrons. The van der Waals surface area contributed by atoms with Crippen LogP contribution in [-0.2, 0) is 26.2 Å². The number of para-hydroxylation sites is 1. The number of nitrogens with zero attached hydrogens (tertiary/aromatic N) is 2. The van der Waals surface area contributed by atoms with E-state index in [0.717, 1.165) is 42.0 Å². The van der Waals surface area contributed by atoms with Crippen LogP contribution in [0.25, 0.3) is 0 Å². The van der Waals surface area contributed by atoms with E-state index in [1.807, 2.05) is 44.2 Å². The topological polar surface area (TPSA) is 96.0 Å². The van der Waals surface area contributed by atoms with Crippen molar-refractivity contribution in [1.29, 1.82) is 0 Å². The molecule has 2 amide bonds. The number of nitrogens with one attached hydrogen (secondary N) is 1. The molecule has 1 N–H and O–H groups in total. The molecule has 10 heteroatoms. The first-order valence-electron chi connectivity index (χ1n) is 16.4. The number of carbonyl (C=O) groups is 2. The molecular weight excluding hydrogens is 629 g/mol. The van der Waals surface area contributed by atoms with Crippen molar-refractivity contribution in [2.75, 3.05) is 10.8 Å². The lowest BCUT2D eigenvalue weighted by molar-refractivity contribution is -0.140. The molecule has 0 aliphatic heterocycles. The van der Waals surface area contributed by atoms with Gasteiger partial charge in [-0.15, -0.1) is 0 Å². The standard InChI is InChI=1S/C38H42FN3O5S/c1-3-36(38(44)40-31-10-6-4-7-11-31)41(26-29-16-18-30(39)19-17-29)37(43)27-42(48(45,46)35-24-14-28(2)15-25-35)32-20-22-34(23-21-32)47-33-12-8-5-9-13-33/h5,8-9,12-25,31,36H,3-4,6-7,10-11,26-27H2,1-2H3,(H,40,44)/t36-/m0/s1. The molecule has 4 aromatic carbocycles. The maximum atomic E-state index is 14.4. The van der Waals surface area contributed by atoms with Gasteiger partial charge in [0.15, 0.2) is 0 Å². The van der Waals surface area contributed by atoms with Gasteiger partial charge in [-0.05, 0) is 92.4 Å². The Balaban J connectivity index is 1.48. The molecule has 0 saturated heterocycles. The van der Waals surface area contributed by atoms with Crippen molar-refractivity contribution < 1.29 is 27.1 Å². The van der Waals surface area contributed by atoms with Gasteiger partial charge in [0.25, 0.3) is 10.0 Å². The lowest BCUT2D eigenvalue weighted by atomic mass is 9.95. The average molecular weight is 672 g/mol. The minimum absolute atomic E-state index is 0.00200. The molecule has 0 spiro atoms. The predicted octanol–water partition coefficient (Wildman–Crippen LogP) is 7.38. The lowest BCUT2D eigenvalue weighted by Crippen LogP contribution is -2.54. The van der Waals surface area contributed by atoms with Gasteiger partial charge >= 0.3 is 0 Å². The van der Waals surface area contributed by atoms with E-state index in [-0.39, 0.29) is 29.1 Å². The number of benzene rings is 4. The van der Waals surface area contributed by atoms with Crippen molar-refractivity contribution in [3.8, 4) is 11.5 Å². The molecule has 1 atom stereocenters. The fraction of sp³-hybridized carbons (Fsp3) is 0.316. The zero-order valence-electron chi connectivity index (χ0n) is 27.3. The molecule has 48 heavy (non-hydrogen) atoms. The summed E-state index contributed by atoms with van der Waals surface area (Å²) >= 11 is 0. The number of aryl methyl sites for hydroxylation is 1. The van der Waals surface area contributed by atoms with Crippen LogP contribution >= 0.6 is 0 Å². The van der Waals surface area contributed by atoms with E-state index in [0.29, 0.717) is 23.5 Å². The molecule has 1 aliphatic carbocycles. The van der Waals surface area contributed by atoms with Crippen molar-refractivity contribution in [2.24, 2.45) is 0 Å². The van der Waals surface area contributed by atoms with E-state index in [4.69, 9.17) is 4.74 Å². The number of sulfonamides is 1. The van der Waals surface area contributed by atoms with Crippen molar-refractivity contribution in [2.45, 2.75) is 75.9 Å². The van der Waals surface area contributed by atoms with E-state index in [2.05, 4.69) is 5.32 Å². The fourth-order valence-electron chi connectivity index (χ4n) is 5.92. The molecule has 0 radical (unpaired) electrons. The molecule has 0 bridgehead atoms. The summed E-state index contributed by atoms with van der Waals surface area (Å²) in [5.74, 6) is -0.153. The first-order chi connectivity index (χ1) is 23.1. The summed E-state index contributed by atoms with van der Waals surface area (Å²) in [7, 11) is -4.23. The summed E-state index contributed by atoms with van der Waals surface area (Å²) in [5.41, 5.74) is 1.76. The number of amides is 2. The minimum Gasteiger partial charge on any atom is -0.457 e. The van der Waals surface area contributed by atoms with Gasteiger partial charge in [0.05, 0.1) is 10.6 Å². The minimum atomic E-state index is -4.23. The second-order valence-corrected chi connectivity index (χ2v) is 14.0. The number of rotatable bonds is 13. The Kier molecular flexibility index (Phi) is 11.5. The van der Waals surface area contributed by atoms with Crippen molar-refractivity contribution >= 4 is 27.5 Å². The smallest absolute Gasteiger partial charge is 0.264 e. The van der Waals surface area contributed by atoms with E-state index < -0.39 is 34.3 Å². The molecule has 1 saturated carbocycles. The zero-order chi connectivity index (χ0) is 34.1. The molecular formula is C38H42FN3O5S. The Labute approximate surface area is 282 Å². The largest absolute Gasteiger partial charge is 0.457 e. The van der Waals surface area contributed by atoms with Crippen LogP contribution in [0.2, 0.25) is 0 Å². The SMILES string of the molecule is CC[C@@H](C(=O)NC1CCCCC1)N(Cc1ccc(F)cc1)C(=O)CN(c1ccc(Oc2ccccc2)cc1)S(=O)(=O)c1ccc(C)cc1. The summed E-state index contributed by atoms with van der Waals surface area (Å²) in [6.07, 6.45) is 5.24. The molecule has 8 nitrogen and oxygen atoms in total. The number of ether oxygens (including phenoxy) is 1. The van der Waals surface area contributed by atoms with Crippen LogP contribution in [0, 0.1) is 12.7 Å². The lowest BCUT2D eigenvalue weighted by Gasteiger charge is -2.34. The summed E-state index contributed by atoms with van der Waals surface area (Å²) < 4.78 is 49.2. The normalized spacial score (nSPS) is 14.1. The van der Waals surface area contributed by atoms with Crippen LogP contribution in [0.4, 0.5) is 10.1 Å². The second kappa shape index (κ2) is 15.9. The molecule has 4 aromatic rings. The molecule has 1 fully saturated rings. The van der Waals surface area contributed by atoms with Crippen molar-refractivity contribution in [1.82, 2.24) is 10.2 Å². The maximum absolute atomic E-state index is 14.4. The van der Waals surface area contributed by atoms with Gasteiger partial charge in [0, 0.05) is 12.6 Å². The van der Waals surface area contributed by atoms with Crippen LogP contribution in [-0.4, -0.2) is 43.8 Å². The first-order valence-corrected chi connectivity index (χ1v) is 17.8. The zero-order valence-corrected chi connectivity index (χ0v) is 28.2. The molecule has 0 aromatic heterocycles. The number of halogens is 1. The van der Waals surface area contributed by atoms with E-state index in [1.54, 1.807) is 48.5 Å². The van der Waals surface area contributed by atoms with Crippen LogP contribution < -0.4 is 14.4 Å². The molecule has 5 rings (SSSR count). The van der Waals surface area contributed by atoms with Gasteiger partial charge in [0.2, 0.25) is 11.8 Å². The van der Waals surface area contributed by atoms with Crippen molar-refractivity contribution in [3.63, 3.8) is 0 Å². The number of hydrogen-bond donors (Lipinski definition) is 1. The Hall–Kier alpha value is -4.70. The third-order valence-electron chi connectivity index (χ3n) is 8.60. The second-order valence-electron chi connectivity index (χ2n) is 12.1. The Morgan fingerprint density at radius 3 is 2.10 bits per heavy atom. The summed E-state index contributed by atoms with van der Waals surface area (Å²) in [6.45, 7) is 3.11. The van der Waals surface area contributed by atoms with Crippen LogP contribution in [0.15, 0.2) is 108 Å². The maximum Gasteiger partial charge on any atom is 0.264 e. The van der Waals surface area contributed by atoms with E-state index in [9.17, 15) is 22.4 Å². The molecule has 0 heterocycles. The van der Waals surface area contributed by atoms with Gasteiger partial charge in [-0.3, -0.25) is 13.9 Å². The Bertz CT molecular complexity index is 1760. The van der Waals surface area contributed by atoms with Crippen LogP contribution in [0.5, 0.6) is 11.5 Å². The van der Waals surface area contributed by atoms with Gasteiger partial charge in [-0.2, -0.15) is 0 Å². The highest BCUT2D eigenvalue weighted by atomic mass is 32.2. The first kappa shape index (κ1) is 34.6. The third kappa shape index (κ3) is 8.80. The predicted molar refractivity (Wildman–Crippen MR) is 185 cm³/mol. The van der Waals surface area contributed by atoms with E-state index in [1.165, 1.54) is 29.2 Å². The number of hydrogen-bond acceptors (Lipinski definition) is 5. The van der Waals surface area contributed by atoms with E-state index >= 15 is 0 Å². The third-order valence-corrected chi connectivity index (χ3v) is 10.4. The summed E-state index contributed by atoms with van der Waals surface area (Å²) in [4.78, 5) is 29.5. The van der Waals surface area contributed by atoms with Gasteiger partial charge in [-0.25, -0.2) is 12.8 Å². The van der Waals surface area contributed by atoms with Gasteiger partial charge < -0.3 is 15.0 Å². The fourth-order valence-corrected chi connectivity index (χ4v) is 7.34. The highest BCUT2D eigenvalue weighted by molar-refractivity contribution is 7.92. The van der Waals surface area contributed by atoms with Crippen molar-refractivity contribution in [3.05, 3.63) is 120 Å². The van der Waals surface area contributed by atoms with Gasteiger partial charge in [0.1, 0.15) is 29.9 Å². The average Bonchev–Trinajstić information content (AvgIpc) is 3.09. The monoisotopic (exact) mass is 671 g/mol. The Morgan fingerprint density at radius 1 is 0.854 bits per heavy atom. The quantitative estimate of drug-likeness (QED) is 0.160. The number of anilines is 1. The Morgan fingerprint density at radius 2 is 1.48 bits per heavy atom. The highest BCUT2D eigenvalue weighted by Crippen LogP contribution is 2.29. The summed E-state index contributed by atoms with van der Waals surface area (Å²) in [5, 5.41) is 3.13. The number of carbonyl (C=O) groups excluding carboxylic acids is 2. The molecule has 1 aliphatic rings. The van der Waals surface area contributed by atoms with Gasteiger partial charge in [-0.1, -0.05) is 74.2 Å². The summed E-state index contributed by atoms with van der Waals surface area (Å²) in [6, 6.07) is 27.0.